The Morgan fingerprint density at radius 3 is 2.05 bits per heavy atom. The number of carbonyl (C=O) groups is 2. The Kier molecular flexibility index (Phi) is 8.13. The summed E-state index contributed by atoms with van der Waals surface area (Å²) < 4.78 is 38.3. The third-order valence-corrected chi connectivity index (χ3v) is 6.65. The number of ether oxygens (including phenoxy) is 2. The van der Waals surface area contributed by atoms with E-state index in [0.29, 0.717) is 5.56 Å². The van der Waals surface area contributed by atoms with Gasteiger partial charge in [-0.3, -0.25) is 4.79 Å². The van der Waals surface area contributed by atoms with Crippen molar-refractivity contribution in [2.24, 2.45) is 0 Å². The first-order valence-electron chi connectivity index (χ1n) is 12.0. The molecule has 0 saturated heterocycles. The van der Waals surface area contributed by atoms with Gasteiger partial charge in [-0.2, -0.15) is 8.42 Å². The molecular weight excluding hydrogens is 494 g/mol. The van der Waals surface area contributed by atoms with Crippen LogP contribution in [0.25, 0.3) is 11.1 Å². The summed E-state index contributed by atoms with van der Waals surface area (Å²) >= 11 is 0. The molecule has 9 heteroatoms. The average molecular weight is 524 g/mol. The number of fused-ring (bicyclic) bond motifs is 3. The van der Waals surface area contributed by atoms with Gasteiger partial charge < -0.3 is 19.0 Å². The maximum atomic E-state index is 12.6. The van der Waals surface area contributed by atoms with Crippen molar-refractivity contribution in [3.05, 3.63) is 89.5 Å². The lowest BCUT2D eigenvalue weighted by Gasteiger charge is -2.19. The molecule has 1 amide bonds. The van der Waals surface area contributed by atoms with Gasteiger partial charge in [-0.15, -0.1) is 0 Å². The van der Waals surface area contributed by atoms with E-state index in [4.69, 9.17) is 13.7 Å². The monoisotopic (exact) mass is 523 g/mol. The highest BCUT2D eigenvalue weighted by Crippen LogP contribution is 2.44. The largest absolute Gasteiger partial charge is 0.466 e. The summed E-state index contributed by atoms with van der Waals surface area (Å²) in [6, 6.07) is 22.5. The third kappa shape index (κ3) is 6.68. The smallest absolute Gasteiger partial charge is 0.407 e. The van der Waals surface area contributed by atoms with E-state index in [1.807, 2.05) is 36.4 Å². The second kappa shape index (κ2) is 11.5. The van der Waals surface area contributed by atoms with E-state index in [2.05, 4.69) is 17.4 Å². The van der Waals surface area contributed by atoms with Gasteiger partial charge in [0.05, 0.1) is 19.3 Å². The highest BCUT2D eigenvalue weighted by atomic mass is 32.2. The molecule has 0 radical (unpaired) electrons. The van der Waals surface area contributed by atoms with E-state index < -0.39 is 28.1 Å². The summed E-state index contributed by atoms with van der Waals surface area (Å²) in [5.74, 6) is -0.716. The van der Waals surface area contributed by atoms with Crippen LogP contribution in [0.4, 0.5) is 4.79 Å². The molecule has 3 aromatic rings. The normalized spacial score (nSPS) is 13.2. The van der Waals surface area contributed by atoms with Gasteiger partial charge in [0.2, 0.25) is 0 Å². The van der Waals surface area contributed by atoms with E-state index in [1.54, 1.807) is 19.1 Å². The van der Waals surface area contributed by atoms with Crippen molar-refractivity contribution in [3.63, 3.8) is 0 Å². The maximum absolute atomic E-state index is 12.6. The second-order valence-corrected chi connectivity index (χ2v) is 10.3. The van der Waals surface area contributed by atoms with E-state index in [0.717, 1.165) is 28.5 Å². The summed E-state index contributed by atoms with van der Waals surface area (Å²) in [5, 5.41) is 2.76. The molecule has 1 aliphatic carbocycles. The van der Waals surface area contributed by atoms with E-state index >= 15 is 0 Å². The molecule has 1 unspecified atom stereocenters. The Hall–Kier alpha value is -3.85. The van der Waals surface area contributed by atoms with Gasteiger partial charge in [0.1, 0.15) is 12.4 Å². The fourth-order valence-electron chi connectivity index (χ4n) is 4.56. The first-order valence-corrected chi connectivity index (χ1v) is 13.8. The molecule has 1 aliphatic rings. The predicted octanol–water partition coefficient (Wildman–Crippen LogP) is 4.60. The summed E-state index contributed by atoms with van der Waals surface area (Å²) in [6.45, 7) is 2.27. The fourth-order valence-corrected chi connectivity index (χ4v) is 5.02. The lowest BCUT2D eigenvalue weighted by molar-refractivity contribution is -0.143. The number of amides is 1. The Morgan fingerprint density at radius 1 is 0.892 bits per heavy atom. The van der Waals surface area contributed by atoms with Crippen LogP contribution in [0.3, 0.4) is 0 Å². The van der Waals surface area contributed by atoms with Gasteiger partial charge >= 0.3 is 22.2 Å². The Labute approximate surface area is 216 Å². The van der Waals surface area contributed by atoms with Crippen LogP contribution in [0.1, 0.15) is 41.9 Å². The van der Waals surface area contributed by atoms with Crippen LogP contribution < -0.4 is 9.50 Å². The molecule has 1 N–H and O–H groups in total. The second-order valence-electron chi connectivity index (χ2n) is 8.77. The first-order chi connectivity index (χ1) is 17.7. The number of nitrogens with one attached hydrogen (secondary N) is 1. The van der Waals surface area contributed by atoms with Crippen molar-refractivity contribution in [2.45, 2.75) is 25.2 Å². The van der Waals surface area contributed by atoms with E-state index in [-0.39, 0.29) is 37.8 Å². The van der Waals surface area contributed by atoms with Crippen molar-refractivity contribution < 1.29 is 31.7 Å². The van der Waals surface area contributed by atoms with Crippen LogP contribution in [-0.4, -0.2) is 46.5 Å². The zero-order valence-electron chi connectivity index (χ0n) is 20.7. The average Bonchev–Trinajstić information content (AvgIpc) is 3.19. The van der Waals surface area contributed by atoms with Crippen LogP contribution in [0.5, 0.6) is 5.75 Å². The standard InChI is InChI=1S/C28H29NO7S/c1-3-34-27(30)16-20(19-12-14-21(15-13-19)36-37(2,32)33)17-29-28(31)35-18-26-24-10-6-4-8-22(24)23-9-5-7-11-25(23)26/h4-15,20,26H,3,16-18H2,1-2H3,(H,29,31). The van der Waals surface area contributed by atoms with Crippen molar-refractivity contribution in [1.29, 1.82) is 0 Å². The third-order valence-electron chi connectivity index (χ3n) is 6.15. The summed E-state index contributed by atoms with van der Waals surface area (Å²) in [7, 11) is -3.66. The van der Waals surface area contributed by atoms with E-state index in [1.165, 1.54) is 12.1 Å². The lowest BCUT2D eigenvalue weighted by Crippen LogP contribution is -2.31. The van der Waals surface area contributed by atoms with Crippen molar-refractivity contribution >= 4 is 22.2 Å². The molecule has 0 heterocycles. The molecule has 4 rings (SSSR count). The minimum atomic E-state index is -3.66. The molecule has 3 aromatic carbocycles. The highest BCUT2D eigenvalue weighted by molar-refractivity contribution is 7.86. The van der Waals surface area contributed by atoms with Crippen LogP contribution >= 0.6 is 0 Å². The van der Waals surface area contributed by atoms with Gasteiger partial charge in [-0.1, -0.05) is 60.7 Å². The number of esters is 1. The van der Waals surface area contributed by atoms with Gasteiger partial charge in [-0.05, 0) is 46.9 Å². The number of alkyl carbamates (subject to hydrolysis) is 1. The zero-order chi connectivity index (χ0) is 26.4. The fraction of sp³-hybridized carbons (Fsp3) is 0.286. The summed E-state index contributed by atoms with van der Waals surface area (Å²) in [5.41, 5.74) is 5.24. The van der Waals surface area contributed by atoms with Crippen LogP contribution in [0.15, 0.2) is 72.8 Å². The lowest BCUT2D eigenvalue weighted by atomic mass is 9.95. The first kappa shape index (κ1) is 26.2. The molecule has 194 valence electrons. The van der Waals surface area contributed by atoms with Crippen LogP contribution in [0, 0.1) is 0 Å². The van der Waals surface area contributed by atoms with Gasteiger partial charge in [0, 0.05) is 18.4 Å². The SMILES string of the molecule is CCOC(=O)CC(CNC(=O)OCC1c2ccccc2-c2ccccc21)c1ccc(OS(C)(=O)=O)cc1. The molecule has 0 saturated carbocycles. The molecule has 37 heavy (non-hydrogen) atoms. The van der Waals surface area contributed by atoms with Crippen molar-refractivity contribution in [2.75, 3.05) is 26.0 Å². The molecular formula is C28H29NO7S. The molecule has 0 spiro atoms. The number of hydrogen-bond donors (Lipinski definition) is 1. The van der Waals surface area contributed by atoms with Gasteiger partial charge in [0.15, 0.2) is 0 Å². The zero-order valence-corrected chi connectivity index (χ0v) is 21.5. The highest BCUT2D eigenvalue weighted by Gasteiger charge is 2.29. The van der Waals surface area contributed by atoms with Crippen LogP contribution in [-0.2, 0) is 24.4 Å². The number of hydrogen-bond acceptors (Lipinski definition) is 7. The minimum absolute atomic E-state index is 0.0315. The Balaban J connectivity index is 1.40. The number of rotatable bonds is 10. The molecule has 8 nitrogen and oxygen atoms in total. The van der Waals surface area contributed by atoms with Crippen LogP contribution in [0.2, 0.25) is 0 Å². The molecule has 0 aromatic heterocycles. The number of benzene rings is 3. The van der Waals surface area contributed by atoms with Crippen molar-refractivity contribution in [1.82, 2.24) is 5.32 Å². The molecule has 0 fully saturated rings. The Bertz CT molecular complexity index is 1320. The van der Waals surface area contributed by atoms with Gasteiger partial charge in [-0.25, -0.2) is 4.79 Å². The maximum Gasteiger partial charge on any atom is 0.407 e. The predicted molar refractivity (Wildman–Crippen MR) is 139 cm³/mol. The molecule has 1 atom stereocenters. The van der Waals surface area contributed by atoms with Gasteiger partial charge in [0.25, 0.3) is 0 Å². The summed E-state index contributed by atoms with van der Waals surface area (Å²) in [6.07, 6.45) is 0.403. The quantitative estimate of drug-likeness (QED) is 0.306. The molecule has 0 bridgehead atoms. The number of carbonyl (C=O) groups excluding carboxylic acids is 2. The molecule has 0 aliphatic heterocycles. The minimum Gasteiger partial charge on any atom is -0.466 e. The summed E-state index contributed by atoms with van der Waals surface area (Å²) in [4.78, 5) is 24.8. The van der Waals surface area contributed by atoms with Crippen molar-refractivity contribution in [3.8, 4) is 16.9 Å². The topological polar surface area (TPSA) is 108 Å². The Morgan fingerprint density at radius 2 is 1.49 bits per heavy atom. The van der Waals surface area contributed by atoms with E-state index in [9.17, 15) is 18.0 Å².